The van der Waals surface area contributed by atoms with Gasteiger partial charge in [0.2, 0.25) is 0 Å². The van der Waals surface area contributed by atoms with Gasteiger partial charge in [0.1, 0.15) is 0 Å². The molecule has 0 saturated heterocycles. The summed E-state index contributed by atoms with van der Waals surface area (Å²) in [4.78, 5) is 2.31. The number of hydrogen-bond acceptors (Lipinski definition) is 1. The molecule has 106 valence electrons. The molecule has 0 aliphatic carbocycles. The third-order valence-corrected chi connectivity index (χ3v) is 3.47. The van der Waals surface area contributed by atoms with E-state index in [0.29, 0.717) is 0 Å². The van der Waals surface area contributed by atoms with Crippen molar-refractivity contribution in [1.82, 2.24) is 4.90 Å². The van der Waals surface area contributed by atoms with Crippen LogP contribution in [-0.4, -0.2) is 11.9 Å². The Hall–Kier alpha value is -0.720. The van der Waals surface area contributed by atoms with Gasteiger partial charge in [0, 0.05) is 23.9 Å². The Labute approximate surface area is 115 Å². The van der Waals surface area contributed by atoms with Gasteiger partial charge in [-0.3, -0.25) is 0 Å². The molecule has 0 unspecified atom stereocenters. The molecule has 0 N–H and O–H groups in total. The molecule has 0 bridgehead atoms. The van der Waals surface area contributed by atoms with Crippen molar-refractivity contribution < 1.29 is 0 Å². The van der Waals surface area contributed by atoms with E-state index in [1.807, 2.05) is 0 Å². The zero-order valence-corrected chi connectivity index (χ0v) is 14.1. The first kappa shape index (κ1) is 17.3. The van der Waals surface area contributed by atoms with E-state index in [0.717, 1.165) is 12.8 Å². The Balaban J connectivity index is 5.91. The van der Waals surface area contributed by atoms with Crippen LogP contribution in [0.4, 0.5) is 0 Å². The summed E-state index contributed by atoms with van der Waals surface area (Å²) in [5.74, 6) is 0. The Kier molecular flexibility index (Phi) is 5.71. The Bertz CT molecular complexity index is 320. The predicted octanol–water partition coefficient (Wildman–Crippen LogP) is 5.60. The van der Waals surface area contributed by atoms with E-state index in [2.05, 4.69) is 73.9 Å². The van der Waals surface area contributed by atoms with Gasteiger partial charge in [-0.2, -0.15) is 0 Å². The normalized spacial score (nSPS) is 14.3. The largest absolute Gasteiger partial charge is 0.352 e. The molecule has 0 saturated carbocycles. The van der Waals surface area contributed by atoms with E-state index in [1.54, 1.807) is 0 Å². The van der Waals surface area contributed by atoms with E-state index in [9.17, 15) is 0 Å². The Morgan fingerprint density at radius 1 is 0.889 bits per heavy atom. The van der Waals surface area contributed by atoms with Gasteiger partial charge in [-0.05, 0) is 23.8 Å². The smallest absolute Gasteiger partial charge is 0.0224 e. The summed E-state index contributed by atoms with van der Waals surface area (Å²) in [7, 11) is 2.16. The minimum Gasteiger partial charge on any atom is -0.352 e. The third-order valence-electron chi connectivity index (χ3n) is 3.47. The first-order valence-corrected chi connectivity index (χ1v) is 7.12. The molecule has 0 spiro atoms. The van der Waals surface area contributed by atoms with Gasteiger partial charge in [0.15, 0.2) is 0 Å². The maximum atomic E-state index is 4.20. The maximum absolute atomic E-state index is 4.20. The fourth-order valence-corrected chi connectivity index (χ4v) is 2.61. The number of nitrogens with zero attached hydrogens (tertiary/aromatic N) is 1. The van der Waals surface area contributed by atoms with Crippen LogP contribution in [0.2, 0.25) is 0 Å². The SMILES string of the molecule is C=C(CC)N(C)/C(=C(\CC)C(C)(C)C)C(C)(C)C. The quantitative estimate of drug-likeness (QED) is 0.629. The highest BCUT2D eigenvalue weighted by Crippen LogP contribution is 2.40. The molecule has 0 amide bonds. The minimum absolute atomic E-state index is 0.144. The van der Waals surface area contributed by atoms with Crippen molar-refractivity contribution in [2.24, 2.45) is 10.8 Å². The van der Waals surface area contributed by atoms with Crippen molar-refractivity contribution in [3.8, 4) is 0 Å². The number of hydrogen-bond donors (Lipinski definition) is 0. The van der Waals surface area contributed by atoms with E-state index in [-0.39, 0.29) is 10.8 Å². The molecule has 0 radical (unpaired) electrons. The summed E-state index contributed by atoms with van der Waals surface area (Å²) in [6.07, 6.45) is 2.09. The van der Waals surface area contributed by atoms with Crippen LogP contribution >= 0.6 is 0 Å². The molecule has 0 rings (SSSR count). The summed E-state index contributed by atoms with van der Waals surface area (Å²) in [5.41, 5.74) is 4.51. The summed E-state index contributed by atoms with van der Waals surface area (Å²) in [6.45, 7) is 22.4. The van der Waals surface area contributed by atoms with E-state index in [1.165, 1.54) is 17.0 Å². The molecule has 1 nitrogen and oxygen atoms in total. The van der Waals surface area contributed by atoms with Gasteiger partial charge < -0.3 is 4.90 Å². The summed E-state index contributed by atoms with van der Waals surface area (Å²) >= 11 is 0. The zero-order valence-electron chi connectivity index (χ0n) is 14.1. The molecule has 0 heterocycles. The predicted molar refractivity (Wildman–Crippen MR) is 83.4 cm³/mol. The highest BCUT2D eigenvalue weighted by Gasteiger charge is 2.29. The molecular formula is C17H33N. The van der Waals surface area contributed by atoms with Crippen LogP contribution < -0.4 is 0 Å². The zero-order chi connectivity index (χ0) is 14.7. The lowest BCUT2D eigenvalue weighted by Gasteiger charge is -2.39. The molecule has 0 aliphatic heterocycles. The fourth-order valence-electron chi connectivity index (χ4n) is 2.61. The molecular weight excluding hydrogens is 218 g/mol. The van der Waals surface area contributed by atoms with Crippen molar-refractivity contribution >= 4 is 0 Å². The topological polar surface area (TPSA) is 3.24 Å². The number of allylic oxidation sites excluding steroid dienone is 3. The van der Waals surface area contributed by atoms with E-state index in [4.69, 9.17) is 0 Å². The highest BCUT2D eigenvalue weighted by atomic mass is 15.1. The fraction of sp³-hybridized carbons (Fsp3) is 0.765. The van der Waals surface area contributed by atoms with Crippen LogP contribution in [0, 0.1) is 10.8 Å². The lowest BCUT2D eigenvalue weighted by atomic mass is 9.76. The summed E-state index contributed by atoms with van der Waals surface area (Å²) < 4.78 is 0. The second kappa shape index (κ2) is 5.95. The van der Waals surface area contributed by atoms with Gasteiger partial charge in [-0.1, -0.05) is 62.0 Å². The first-order valence-electron chi connectivity index (χ1n) is 7.12. The van der Waals surface area contributed by atoms with Gasteiger partial charge in [-0.25, -0.2) is 0 Å². The average Bonchev–Trinajstić information content (AvgIpc) is 2.19. The van der Waals surface area contributed by atoms with Gasteiger partial charge in [-0.15, -0.1) is 0 Å². The van der Waals surface area contributed by atoms with Crippen molar-refractivity contribution in [3.63, 3.8) is 0 Å². The van der Waals surface area contributed by atoms with Crippen LogP contribution in [0.5, 0.6) is 0 Å². The Morgan fingerprint density at radius 2 is 1.33 bits per heavy atom. The minimum atomic E-state index is 0.144. The van der Waals surface area contributed by atoms with Crippen molar-refractivity contribution in [2.75, 3.05) is 7.05 Å². The molecule has 18 heavy (non-hydrogen) atoms. The monoisotopic (exact) mass is 251 g/mol. The lowest BCUT2D eigenvalue weighted by Crippen LogP contribution is -2.30. The molecule has 0 aliphatic rings. The average molecular weight is 251 g/mol. The second-order valence-corrected chi connectivity index (χ2v) is 7.16. The molecule has 0 aromatic rings. The van der Waals surface area contributed by atoms with Gasteiger partial charge in [0.25, 0.3) is 0 Å². The van der Waals surface area contributed by atoms with Crippen LogP contribution in [-0.2, 0) is 0 Å². The molecule has 0 aromatic carbocycles. The second-order valence-electron chi connectivity index (χ2n) is 7.16. The molecule has 0 atom stereocenters. The molecule has 0 fully saturated rings. The van der Waals surface area contributed by atoms with Gasteiger partial charge in [0.05, 0.1) is 0 Å². The third kappa shape index (κ3) is 4.19. The van der Waals surface area contributed by atoms with Crippen LogP contribution in [0.15, 0.2) is 23.5 Å². The van der Waals surface area contributed by atoms with Crippen molar-refractivity contribution in [2.45, 2.75) is 68.2 Å². The van der Waals surface area contributed by atoms with Crippen LogP contribution in [0.1, 0.15) is 68.2 Å². The standard InChI is InChI=1S/C17H33N/c1-11-13(3)18(10)15(17(7,8)9)14(12-2)16(4,5)6/h3,11-12H2,1-2,4-10H3/b15-14+. The van der Waals surface area contributed by atoms with Crippen LogP contribution in [0.3, 0.4) is 0 Å². The van der Waals surface area contributed by atoms with Crippen molar-refractivity contribution in [3.05, 3.63) is 23.5 Å². The lowest BCUT2D eigenvalue weighted by molar-refractivity contribution is 0.323. The Morgan fingerprint density at radius 3 is 1.56 bits per heavy atom. The molecule has 0 aromatic heterocycles. The first-order chi connectivity index (χ1) is 7.96. The van der Waals surface area contributed by atoms with E-state index >= 15 is 0 Å². The van der Waals surface area contributed by atoms with Crippen LogP contribution in [0.25, 0.3) is 0 Å². The summed E-state index contributed by atoms with van der Waals surface area (Å²) in [6, 6.07) is 0. The highest BCUT2D eigenvalue weighted by molar-refractivity contribution is 5.26. The molecule has 1 heteroatoms. The van der Waals surface area contributed by atoms with Crippen molar-refractivity contribution in [1.29, 1.82) is 0 Å². The van der Waals surface area contributed by atoms with E-state index < -0.39 is 0 Å². The van der Waals surface area contributed by atoms with Gasteiger partial charge >= 0.3 is 0 Å². The summed E-state index contributed by atoms with van der Waals surface area (Å²) in [5, 5.41) is 0. The number of rotatable bonds is 4. The maximum Gasteiger partial charge on any atom is 0.0224 e.